The lowest BCUT2D eigenvalue weighted by Crippen LogP contribution is -2.27. The van der Waals surface area contributed by atoms with E-state index in [-0.39, 0.29) is 18.1 Å². The number of carbonyl (C=O) groups excluding carboxylic acids is 1. The zero-order valence-corrected chi connectivity index (χ0v) is 19.4. The van der Waals surface area contributed by atoms with Gasteiger partial charge in [0.05, 0.1) is 5.75 Å². The van der Waals surface area contributed by atoms with E-state index in [1.807, 2.05) is 66.1 Å². The third-order valence-electron chi connectivity index (χ3n) is 5.04. The van der Waals surface area contributed by atoms with E-state index >= 15 is 0 Å². The number of aromatic nitrogens is 5. The van der Waals surface area contributed by atoms with Gasteiger partial charge in [-0.05, 0) is 36.6 Å². The Bertz CT molecular complexity index is 1370. The smallest absolute Gasteiger partial charge is 0.325 e. The van der Waals surface area contributed by atoms with Crippen LogP contribution in [0.15, 0.2) is 75.4 Å². The highest BCUT2D eigenvalue weighted by Gasteiger charge is 2.17. The fourth-order valence-corrected chi connectivity index (χ4v) is 4.29. The summed E-state index contributed by atoms with van der Waals surface area (Å²) in [6, 6.07) is 19.1. The summed E-state index contributed by atoms with van der Waals surface area (Å²) in [5.74, 6) is 0.625. The van der Waals surface area contributed by atoms with Crippen LogP contribution in [0.4, 0.5) is 0 Å². The summed E-state index contributed by atoms with van der Waals surface area (Å²) in [5, 5.41) is 12.0. The summed E-state index contributed by atoms with van der Waals surface area (Å²) < 4.78 is 1.84. The van der Waals surface area contributed by atoms with Crippen molar-refractivity contribution in [3.63, 3.8) is 0 Å². The number of nitrogens with zero attached hydrogens (tertiary/aromatic N) is 3. The normalized spacial score (nSPS) is 10.9. The molecule has 2 aromatic carbocycles. The van der Waals surface area contributed by atoms with Gasteiger partial charge in [0.1, 0.15) is 5.82 Å². The van der Waals surface area contributed by atoms with Crippen LogP contribution in [-0.4, -0.2) is 42.9 Å². The second-order valence-electron chi connectivity index (χ2n) is 7.74. The Hall–Kier alpha value is -3.92. The van der Waals surface area contributed by atoms with Gasteiger partial charge in [-0.25, -0.2) is 4.79 Å². The monoisotopic (exact) mass is 476 g/mol. The van der Waals surface area contributed by atoms with Crippen LogP contribution in [0.3, 0.4) is 0 Å². The molecule has 2 heterocycles. The molecule has 34 heavy (non-hydrogen) atoms. The van der Waals surface area contributed by atoms with Gasteiger partial charge >= 0.3 is 5.69 Å². The van der Waals surface area contributed by atoms with Gasteiger partial charge in [0, 0.05) is 30.4 Å². The fourth-order valence-electron chi connectivity index (χ4n) is 3.49. The molecule has 0 saturated carbocycles. The summed E-state index contributed by atoms with van der Waals surface area (Å²) in [7, 11) is 0. The molecular weight excluding hydrogens is 452 g/mol. The molecule has 0 atom stereocenters. The van der Waals surface area contributed by atoms with Crippen molar-refractivity contribution in [2.45, 2.75) is 24.9 Å². The van der Waals surface area contributed by atoms with E-state index in [9.17, 15) is 14.4 Å². The lowest BCUT2D eigenvalue weighted by Gasteiger charge is -2.11. The van der Waals surface area contributed by atoms with Crippen LogP contribution in [0.1, 0.15) is 22.6 Å². The van der Waals surface area contributed by atoms with Crippen LogP contribution >= 0.6 is 11.8 Å². The molecule has 0 spiro atoms. The second-order valence-corrected chi connectivity index (χ2v) is 8.68. The molecule has 0 bridgehead atoms. The van der Waals surface area contributed by atoms with Crippen LogP contribution in [0.25, 0.3) is 5.69 Å². The fraction of sp³-hybridized carbons (Fsp3) is 0.208. The molecule has 0 aliphatic heterocycles. The second kappa shape index (κ2) is 10.8. The van der Waals surface area contributed by atoms with Crippen molar-refractivity contribution in [1.82, 2.24) is 30.0 Å². The third kappa shape index (κ3) is 6.10. The van der Waals surface area contributed by atoms with Crippen LogP contribution in [-0.2, 0) is 17.6 Å². The number of hydrogen-bond acceptors (Lipinski definition) is 6. The first-order chi connectivity index (χ1) is 16.5. The van der Waals surface area contributed by atoms with Crippen molar-refractivity contribution in [3.05, 3.63) is 104 Å². The summed E-state index contributed by atoms with van der Waals surface area (Å²) in [4.78, 5) is 40.5. The molecule has 2 aromatic heterocycles. The zero-order valence-electron chi connectivity index (χ0n) is 18.6. The highest BCUT2D eigenvalue weighted by atomic mass is 32.2. The van der Waals surface area contributed by atoms with E-state index in [1.165, 1.54) is 17.8 Å². The van der Waals surface area contributed by atoms with E-state index in [2.05, 4.69) is 25.5 Å². The van der Waals surface area contributed by atoms with Gasteiger partial charge in [-0.3, -0.25) is 19.1 Å². The number of thioether (sulfide) groups is 1. The molecular formula is C24H24N6O3S. The van der Waals surface area contributed by atoms with Gasteiger partial charge in [0.15, 0.2) is 5.16 Å². The van der Waals surface area contributed by atoms with Gasteiger partial charge in [-0.1, -0.05) is 54.2 Å². The van der Waals surface area contributed by atoms with Crippen molar-refractivity contribution >= 4 is 17.7 Å². The molecule has 0 aliphatic rings. The molecule has 10 heteroatoms. The highest BCUT2D eigenvalue weighted by molar-refractivity contribution is 7.99. The number of aryl methyl sites for hydroxylation is 1. The number of H-pyrrole nitrogens is 2. The molecule has 0 saturated heterocycles. The van der Waals surface area contributed by atoms with Gasteiger partial charge < -0.3 is 10.3 Å². The summed E-state index contributed by atoms with van der Waals surface area (Å²) in [6.45, 7) is 2.53. The molecule has 174 valence electrons. The molecule has 4 rings (SSSR count). The minimum absolute atomic E-state index is 0.0970. The van der Waals surface area contributed by atoms with Gasteiger partial charge in [0.2, 0.25) is 5.91 Å². The predicted octanol–water partition coefficient (Wildman–Crippen LogP) is 1.99. The van der Waals surface area contributed by atoms with Crippen molar-refractivity contribution in [2.24, 2.45) is 0 Å². The first kappa shape index (κ1) is 23.2. The molecule has 0 radical (unpaired) electrons. The Morgan fingerprint density at radius 2 is 1.85 bits per heavy atom. The maximum absolute atomic E-state index is 12.4. The molecule has 0 fully saturated rings. The van der Waals surface area contributed by atoms with Crippen LogP contribution in [0.5, 0.6) is 0 Å². The van der Waals surface area contributed by atoms with Gasteiger partial charge in [0.25, 0.3) is 5.56 Å². The van der Waals surface area contributed by atoms with E-state index in [0.29, 0.717) is 23.2 Å². The van der Waals surface area contributed by atoms with E-state index in [4.69, 9.17) is 0 Å². The van der Waals surface area contributed by atoms with Gasteiger partial charge in [-0.2, -0.15) is 0 Å². The Kier molecular flexibility index (Phi) is 7.38. The van der Waals surface area contributed by atoms with E-state index in [1.54, 1.807) is 0 Å². The lowest BCUT2D eigenvalue weighted by atomic mass is 10.1. The minimum atomic E-state index is -0.578. The maximum Gasteiger partial charge on any atom is 0.325 e. The summed E-state index contributed by atoms with van der Waals surface area (Å²) in [6.07, 6.45) is 0.958. The number of aromatic amines is 2. The van der Waals surface area contributed by atoms with Crippen molar-refractivity contribution in [1.29, 1.82) is 0 Å². The number of amides is 1. The van der Waals surface area contributed by atoms with Crippen molar-refractivity contribution in [2.75, 3.05) is 12.3 Å². The number of rotatable bonds is 9. The first-order valence-corrected chi connectivity index (χ1v) is 11.7. The Morgan fingerprint density at radius 3 is 2.62 bits per heavy atom. The Morgan fingerprint density at radius 1 is 1.03 bits per heavy atom. The molecule has 3 N–H and O–H groups in total. The van der Waals surface area contributed by atoms with Crippen LogP contribution in [0, 0.1) is 6.92 Å². The first-order valence-electron chi connectivity index (χ1n) is 10.8. The van der Waals surface area contributed by atoms with E-state index < -0.39 is 11.2 Å². The number of nitrogens with one attached hydrogen (secondary N) is 3. The molecule has 4 aromatic rings. The number of benzene rings is 2. The summed E-state index contributed by atoms with van der Waals surface area (Å²) >= 11 is 1.28. The molecule has 9 nitrogen and oxygen atoms in total. The quantitative estimate of drug-likeness (QED) is 0.317. The van der Waals surface area contributed by atoms with Crippen LogP contribution in [0.2, 0.25) is 0 Å². The summed E-state index contributed by atoms with van der Waals surface area (Å²) in [5.41, 5.74) is 2.41. The predicted molar refractivity (Wildman–Crippen MR) is 130 cm³/mol. The maximum atomic E-state index is 12.4. The van der Waals surface area contributed by atoms with Crippen LogP contribution < -0.4 is 16.6 Å². The zero-order chi connectivity index (χ0) is 23.9. The molecule has 1 amide bonds. The van der Waals surface area contributed by atoms with Crippen molar-refractivity contribution < 1.29 is 4.79 Å². The highest BCUT2D eigenvalue weighted by Crippen LogP contribution is 2.23. The lowest BCUT2D eigenvalue weighted by molar-refractivity contribution is -0.118. The van der Waals surface area contributed by atoms with Gasteiger partial charge in [-0.15, -0.1) is 10.2 Å². The Labute approximate surface area is 199 Å². The van der Waals surface area contributed by atoms with E-state index in [0.717, 1.165) is 23.2 Å². The molecule has 0 aliphatic carbocycles. The molecule has 0 unspecified atom stereocenters. The standard InChI is InChI=1S/C24H24N6O3S/c1-16-6-5-9-19(12-16)30-20(13-18-14-21(31)27-23(33)26-18)28-29-24(30)34-15-22(32)25-11-10-17-7-3-2-4-8-17/h2-9,12,14H,10-11,13,15H2,1H3,(H,25,32)(H2,26,27,31,33). The topological polar surface area (TPSA) is 126 Å². The number of carbonyl (C=O) groups is 1. The SMILES string of the molecule is Cc1cccc(-n2c(Cc3cc(=O)[nH]c(=O)[nH]3)nnc2SCC(=O)NCCc2ccccc2)c1. The average Bonchev–Trinajstić information content (AvgIpc) is 3.20. The number of hydrogen-bond donors (Lipinski definition) is 3. The third-order valence-corrected chi connectivity index (χ3v) is 5.96. The average molecular weight is 477 g/mol. The van der Waals surface area contributed by atoms with Crippen molar-refractivity contribution in [3.8, 4) is 5.69 Å². The largest absolute Gasteiger partial charge is 0.355 e. The minimum Gasteiger partial charge on any atom is -0.355 e. The Balaban J connectivity index is 1.49.